The third kappa shape index (κ3) is 3.72. The molecule has 92 valence electrons. The molecule has 2 atom stereocenters. The van der Waals surface area contributed by atoms with Gasteiger partial charge in [0.15, 0.2) is 0 Å². The van der Waals surface area contributed by atoms with E-state index in [0.29, 0.717) is 0 Å². The zero-order valence-electron chi connectivity index (χ0n) is 9.97. The van der Waals surface area contributed by atoms with Crippen LogP contribution in [0.5, 0.6) is 0 Å². The Hall–Kier alpha value is -1.26. The number of carboxylic acid groups (broad SMARTS) is 1. The van der Waals surface area contributed by atoms with Crippen molar-refractivity contribution in [2.75, 3.05) is 13.1 Å². The van der Waals surface area contributed by atoms with Gasteiger partial charge in [0.05, 0.1) is 0 Å². The number of piperidine rings is 1. The minimum atomic E-state index is -0.357. The van der Waals surface area contributed by atoms with Gasteiger partial charge in [0.2, 0.25) is 0 Å². The summed E-state index contributed by atoms with van der Waals surface area (Å²) >= 11 is 0. The van der Waals surface area contributed by atoms with Gasteiger partial charge in [-0.3, -0.25) is 4.79 Å². The fraction of sp³-hybridized carbons (Fsp3) is 0.818. The van der Waals surface area contributed by atoms with Gasteiger partial charge in [0.1, 0.15) is 5.60 Å². The summed E-state index contributed by atoms with van der Waals surface area (Å²) in [5.74, 6) is 1.57. The lowest BCUT2D eigenvalue weighted by Gasteiger charge is -2.25. The average Bonchev–Trinajstić information content (AvgIpc) is 2.72. The maximum absolute atomic E-state index is 11.5. The van der Waals surface area contributed by atoms with E-state index in [1.165, 1.54) is 6.42 Å². The Labute approximate surface area is 95.4 Å². The number of ether oxygens (including phenoxy) is 1. The summed E-state index contributed by atoms with van der Waals surface area (Å²) in [5.41, 5.74) is -0.357. The van der Waals surface area contributed by atoms with Crippen molar-refractivity contribution in [1.82, 2.24) is 4.90 Å². The number of rotatable bonds is 0. The first-order valence-electron chi connectivity index (χ1n) is 5.43. The Kier molecular flexibility index (Phi) is 3.78. The molecule has 1 saturated heterocycles. The molecule has 1 aliphatic heterocycles. The lowest BCUT2D eigenvalue weighted by Crippen LogP contribution is -2.36. The number of nitrogens with zero attached hydrogens (tertiary/aromatic N) is 1. The van der Waals surface area contributed by atoms with Crippen molar-refractivity contribution < 1.29 is 19.4 Å². The highest BCUT2D eigenvalue weighted by molar-refractivity contribution is 5.68. The van der Waals surface area contributed by atoms with Crippen LogP contribution in [0.3, 0.4) is 0 Å². The van der Waals surface area contributed by atoms with Crippen LogP contribution in [0.4, 0.5) is 4.79 Å². The highest BCUT2D eigenvalue weighted by Gasteiger charge is 2.47. The van der Waals surface area contributed by atoms with Crippen molar-refractivity contribution >= 4 is 12.6 Å². The van der Waals surface area contributed by atoms with Gasteiger partial charge in [-0.05, 0) is 39.0 Å². The van der Waals surface area contributed by atoms with Crippen LogP contribution < -0.4 is 0 Å². The minimum absolute atomic E-state index is 0.139. The quantitative estimate of drug-likeness (QED) is 0.640. The van der Waals surface area contributed by atoms with Crippen LogP contribution >= 0.6 is 0 Å². The first-order chi connectivity index (χ1) is 7.37. The molecule has 5 nitrogen and oxygen atoms in total. The fourth-order valence-electron chi connectivity index (χ4n) is 1.87. The molecule has 0 radical (unpaired) electrons. The van der Waals surface area contributed by atoms with Crippen LogP contribution in [0.25, 0.3) is 0 Å². The molecule has 0 bridgehead atoms. The highest BCUT2D eigenvalue weighted by atomic mass is 16.6. The van der Waals surface area contributed by atoms with Gasteiger partial charge in [0, 0.05) is 13.1 Å². The number of carbonyl (C=O) groups excluding carboxylic acids is 1. The van der Waals surface area contributed by atoms with E-state index >= 15 is 0 Å². The number of hydrogen-bond donors (Lipinski definition) is 1. The zero-order chi connectivity index (χ0) is 12.3. The van der Waals surface area contributed by atoms with Gasteiger partial charge in [-0.25, -0.2) is 4.79 Å². The van der Waals surface area contributed by atoms with Crippen LogP contribution in [-0.4, -0.2) is 41.3 Å². The van der Waals surface area contributed by atoms with Crippen molar-refractivity contribution in [2.24, 2.45) is 11.8 Å². The average molecular weight is 229 g/mol. The molecular weight excluding hydrogens is 210 g/mol. The first kappa shape index (κ1) is 12.8. The predicted octanol–water partition coefficient (Wildman–Crippen LogP) is 1.57. The normalized spacial score (nSPS) is 26.3. The molecule has 1 heterocycles. The van der Waals surface area contributed by atoms with E-state index in [4.69, 9.17) is 14.6 Å². The number of carbonyl (C=O) groups is 2. The molecule has 2 aliphatic rings. The molecule has 1 amide bonds. The van der Waals surface area contributed by atoms with Crippen LogP contribution in [0.15, 0.2) is 0 Å². The van der Waals surface area contributed by atoms with Gasteiger partial charge in [-0.15, -0.1) is 0 Å². The smallest absolute Gasteiger partial charge is 0.410 e. The van der Waals surface area contributed by atoms with Gasteiger partial charge in [-0.2, -0.15) is 0 Å². The van der Waals surface area contributed by atoms with E-state index in [9.17, 15) is 4.79 Å². The topological polar surface area (TPSA) is 66.8 Å². The summed E-state index contributed by atoms with van der Waals surface area (Å²) in [4.78, 5) is 21.7. The number of fused-ring (bicyclic) bond motifs is 1. The Morgan fingerprint density at radius 3 is 2.19 bits per heavy atom. The van der Waals surface area contributed by atoms with Gasteiger partial charge >= 0.3 is 6.09 Å². The molecule has 1 saturated carbocycles. The minimum Gasteiger partial charge on any atom is -0.483 e. The third-order valence-corrected chi connectivity index (χ3v) is 2.63. The van der Waals surface area contributed by atoms with E-state index in [2.05, 4.69) is 0 Å². The molecule has 1 unspecified atom stereocenters. The molecular formula is C11H19NO4. The summed E-state index contributed by atoms with van der Waals surface area (Å²) in [6.07, 6.45) is 1.18. The van der Waals surface area contributed by atoms with Gasteiger partial charge in [0.25, 0.3) is 6.47 Å². The second kappa shape index (κ2) is 4.72. The van der Waals surface area contributed by atoms with Gasteiger partial charge in [-0.1, -0.05) is 0 Å². The molecule has 2 fully saturated rings. The van der Waals surface area contributed by atoms with Crippen molar-refractivity contribution in [3.63, 3.8) is 0 Å². The maximum atomic E-state index is 11.5. The summed E-state index contributed by atoms with van der Waals surface area (Å²) in [6.45, 7) is 7.30. The lowest BCUT2D eigenvalue weighted by molar-refractivity contribution is -0.122. The molecule has 0 aromatic carbocycles. The molecule has 2 rings (SSSR count). The molecule has 5 heteroatoms. The van der Waals surface area contributed by atoms with Crippen LogP contribution in [0, 0.1) is 11.8 Å². The van der Waals surface area contributed by atoms with Crippen molar-refractivity contribution in [3.05, 3.63) is 0 Å². The Morgan fingerprint density at radius 2 is 1.81 bits per heavy atom. The number of amides is 1. The van der Waals surface area contributed by atoms with Crippen LogP contribution in [0.2, 0.25) is 0 Å². The maximum Gasteiger partial charge on any atom is 0.410 e. The standard InChI is InChI=1S/C10H17NO2.CH2O2/c1-10(2,3)13-9(12)11-5-7-4-8(7)6-11;2-1-3/h7-8H,4-6H2,1-3H3;1H,(H,2,3)/t7-,8?;/m1./s1. The fourth-order valence-corrected chi connectivity index (χ4v) is 1.87. The summed E-state index contributed by atoms with van der Waals surface area (Å²) in [7, 11) is 0. The van der Waals surface area contributed by atoms with E-state index < -0.39 is 0 Å². The highest BCUT2D eigenvalue weighted by Crippen LogP contribution is 2.45. The Balaban J connectivity index is 0.000000386. The molecule has 0 aromatic rings. The number of likely N-dealkylation sites (tertiary alicyclic amines) is 1. The molecule has 1 N–H and O–H groups in total. The van der Waals surface area contributed by atoms with E-state index in [1.807, 2.05) is 25.7 Å². The first-order valence-corrected chi connectivity index (χ1v) is 5.43. The molecule has 16 heavy (non-hydrogen) atoms. The van der Waals surface area contributed by atoms with E-state index in [1.54, 1.807) is 0 Å². The van der Waals surface area contributed by atoms with Crippen LogP contribution in [0.1, 0.15) is 27.2 Å². The predicted molar refractivity (Wildman–Crippen MR) is 58.1 cm³/mol. The SMILES string of the molecule is CC(C)(C)OC(=O)N1CC2C[C@@H]2C1.O=CO. The van der Waals surface area contributed by atoms with Crippen LogP contribution in [-0.2, 0) is 9.53 Å². The van der Waals surface area contributed by atoms with Gasteiger partial charge < -0.3 is 14.7 Å². The second-order valence-electron chi connectivity index (χ2n) is 5.25. The number of hydrogen-bond acceptors (Lipinski definition) is 3. The second-order valence-corrected chi connectivity index (χ2v) is 5.25. The summed E-state index contributed by atoms with van der Waals surface area (Å²) in [5, 5.41) is 6.89. The summed E-state index contributed by atoms with van der Waals surface area (Å²) < 4.78 is 5.28. The summed E-state index contributed by atoms with van der Waals surface area (Å²) in [6, 6.07) is 0. The van der Waals surface area contributed by atoms with Crippen molar-refractivity contribution in [1.29, 1.82) is 0 Å². The monoisotopic (exact) mass is 229 g/mol. The Bertz CT molecular complexity index is 262. The Morgan fingerprint density at radius 1 is 1.38 bits per heavy atom. The van der Waals surface area contributed by atoms with E-state index in [-0.39, 0.29) is 18.2 Å². The molecule has 1 aliphatic carbocycles. The van der Waals surface area contributed by atoms with E-state index in [0.717, 1.165) is 24.9 Å². The molecule has 0 aromatic heterocycles. The lowest BCUT2D eigenvalue weighted by atomic mass is 10.2. The largest absolute Gasteiger partial charge is 0.483 e. The zero-order valence-corrected chi connectivity index (χ0v) is 9.97. The molecule has 0 spiro atoms. The van der Waals surface area contributed by atoms with Crippen molar-refractivity contribution in [2.45, 2.75) is 32.8 Å². The van der Waals surface area contributed by atoms with Crippen molar-refractivity contribution in [3.8, 4) is 0 Å². The third-order valence-electron chi connectivity index (χ3n) is 2.63.